The predicted octanol–water partition coefficient (Wildman–Crippen LogP) is -0.420. The maximum Gasteiger partial charge on any atom is 0.248 e. The number of nitrogens with two attached hydrogens (primary N) is 2. The molecule has 0 aliphatic carbocycles. The number of hydrogen-bond donors (Lipinski definition) is 3. The Hall–Kier alpha value is -2.39. The van der Waals surface area contributed by atoms with Gasteiger partial charge in [-0.25, -0.2) is 13.1 Å². The number of aromatic nitrogens is 2. The summed E-state index contributed by atoms with van der Waals surface area (Å²) in [5, 5.41) is 4.06. The summed E-state index contributed by atoms with van der Waals surface area (Å²) >= 11 is 0. The topological polar surface area (TPSA) is 133 Å². The number of aryl methyl sites for hydroxylation is 1. The molecule has 0 saturated heterocycles. The number of amides is 1. The van der Waals surface area contributed by atoms with Crippen molar-refractivity contribution in [2.24, 2.45) is 12.8 Å². The number of carbonyl (C=O) groups excluding carboxylic acids is 1. The van der Waals surface area contributed by atoms with E-state index in [0.29, 0.717) is 5.69 Å². The second-order valence-corrected chi connectivity index (χ2v) is 6.16. The molecule has 0 saturated carbocycles. The molecule has 0 spiro atoms. The molecule has 2 rings (SSSR count). The van der Waals surface area contributed by atoms with Crippen molar-refractivity contribution in [2.45, 2.75) is 11.4 Å². The molecule has 0 aliphatic rings. The van der Waals surface area contributed by atoms with Crippen LogP contribution in [0.15, 0.2) is 35.4 Å². The average molecular weight is 309 g/mol. The molecule has 0 atom stereocenters. The molecule has 8 nitrogen and oxygen atoms in total. The minimum absolute atomic E-state index is 0.0418. The van der Waals surface area contributed by atoms with Crippen LogP contribution in [0.5, 0.6) is 0 Å². The van der Waals surface area contributed by atoms with E-state index in [-0.39, 0.29) is 22.7 Å². The van der Waals surface area contributed by atoms with Gasteiger partial charge >= 0.3 is 0 Å². The second kappa shape index (κ2) is 5.54. The molecule has 1 aromatic carbocycles. The van der Waals surface area contributed by atoms with Crippen LogP contribution < -0.4 is 16.2 Å². The van der Waals surface area contributed by atoms with Gasteiger partial charge in [0.2, 0.25) is 15.9 Å². The predicted molar refractivity (Wildman–Crippen MR) is 76.6 cm³/mol. The Labute approximate surface area is 121 Å². The molecule has 1 heterocycles. The Morgan fingerprint density at radius 2 is 2.10 bits per heavy atom. The monoisotopic (exact) mass is 309 g/mol. The molecular formula is C12H15N5O3S. The number of sulfonamides is 1. The van der Waals surface area contributed by atoms with Crippen LogP contribution in [0.4, 0.5) is 5.69 Å². The number of nitrogens with zero attached hydrogens (tertiary/aromatic N) is 2. The van der Waals surface area contributed by atoms with Crippen LogP contribution in [0.3, 0.4) is 0 Å². The van der Waals surface area contributed by atoms with Gasteiger partial charge in [0.1, 0.15) is 4.90 Å². The number of nitrogens with one attached hydrogen (secondary N) is 1. The lowest BCUT2D eigenvalue weighted by molar-refractivity contribution is 0.1000. The van der Waals surface area contributed by atoms with Crippen molar-refractivity contribution in [2.75, 3.05) is 5.73 Å². The minimum atomic E-state index is -3.80. The van der Waals surface area contributed by atoms with E-state index in [0.717, 1.165) is 0 Å². The number of rotatable bonds is 5. The fourth-order valence-corrected chi connectivity index (χ4v) is 2.86. The van der Waals surface area contributed by atoms with Crippen LogP contribution in [-0.4, -0.2) is 24.1 Å². The molecule has 2 aromatic rings. The summed E-state index contributed by atoms with van der Waals surface area (Å²) in [5.41, 5.74) is 11.5. The maximum absolute atomic E-state index is 12.2. The first-order chi connectivity index (χ1) is 9.79. The molecule has 5 N–H and O–H groups in total. The van der Waals surface area contributed by atoms with Gasteiger partial charge in [-0.3, -0.25) is 9.48 Å². The third-order valence-corrected chi connectivity index (χ3v) is 4.27. The van der Waals surface area contributed by atoms with Crippen LogP contribution in [-0.2, 0) is 23.6 Å². The van der Waals surface area contributed by atoms with E-state index in [1.807, 2.05) is 0 Å². The van der Waals surface area contributed by atoms with Crippen molar-refractivity contribution in [3.05, 3.63) is 41.7 Å². The summed E-state index contributed by atoms with van der Waals surface area (Å²) in [6.07, 6.45) is 1.71. The van der Waals surface area contributed by atoms with E-state index in [2.05, 4.69) is 9.82 Å². The van der Waals surface area contributed by atoms with Gasteiger partial charge in [-0.2, -0.15) is 5.10 Å². The maximum atomic E-state index is 12.2. The normalized spacial score (nSPS) is 11.5. The summed E-state index contributed by atoms with van der Waals surface area (Å²) in [6, 6.07) is 5.49. The molecule has 112 valence electrons. The molecular weight excluding hydrogens is 294 g/mol. The molecule has 1 amide bonds. The van der Waals surface area contributed by atoms with Crippen molar-refractivity contribution >= 4 is 21.6 Å². The van der Waals surface area contributed by atoms with Crippen molar-refractivity contribution in [1.29, 1.82) is 0 Å². The van der Waals surface area contributed by atoms with Crippen LogP contribution in [0, 0.1) is 0 Å². The van der Waals surface area contributed by atoms with Gasteiger partial charge < -0.3 is 11.5 Å². The largest absolute Gasteiger partial charge is 0.398 e. The summed E-state index contributed by atoms with van der Waals surface area (Å²) < 4.78 is 28.3. The van der Waals surface area contributed by atoms with Crippen molar-refractivity contribution in [3.8, 4) is 0 Å². The van der Waals surface area contributed by atoms with Crippen LogP contribution in [0.2, 0.25) is 0 Å². The van der Waals surface area contributed by atoms with Gasteiger partial charge in [0.25, 0.3) is 0 Å². The van der Waals surface area contributed by atoms with Gasteiger partial charge in [0.05, 0.1) is 17.9 Å². The number of primary amides is 1. The van der Waals surface area contributed by atoms with Gasteiger partial charge in [-0.1, -0.05) is 0 Å². The van der Waals surface area contributed by atoms with E-state index in [1.165, 1.54) is 18.2 Å². The van der Waals surface area contributed by atoms with Gasteiger partial charge in [0, 0.05) is 18.8 Å². The molecule has 9 heteroatoms. The standard InChI is InChI=1S/C12H15N5O3S/c1-17-5-4-9(16-17)7-15-21(19,20)11-3-2-8(12(14)18)6-10(11)13/h2-6,15H,7,13H2,1H3,(H2,14,18). The number of hydrogen-bond acceptors (Lipinski definition) is 5. The molecule has 0 unspecified atom stereocenters. The summed E-state index contributed by atoms with van der Waals surface area (Å²) in [5.74, 6) is -0.674. The van der Waals surface area contributed by atoms with Crippen LogP contribution in [0.1, 0.15) is 16.1 Å². The highest BCUT2D eigenvalue weighted by Gasteiger charge is 2.18. The zero-order chi connectivity index (χ0) is 15.6. The minimum Gasteiger partial charge on any atom is -0.398 e. The quantitative estimate of drug-likeness (QED) is 0.645. The number of anilines is 1. The van der Waals surface area contributed by atoms with Gasteiger partial charge in [0.15, 0.2) is 0 Å². The number of carbonyl (C=O) groups is 1. The third-order valence-electron chi connectivity index (χ3n) is 2.80. The Bertz CT molecular complexity index is 782. The molecule has 1 aromatic heterocycles. The van der Waals surface area contributed by atoms with Crippen molar-refractivity contribution in [3.63, 3.8) is 0 Å². The van der Waals surface area contributed by atoms with Crippen LogP contribution in [0.25, 0.3) is 0 Å². The Morgan fingerprint density at radius 3 is 2.62 bits per heavy atom. The second-order valence-electron chi connectivity index (χ2n) is 4.42. The zero-order valence-electron chi connectivity index (χ0n) is 11.3. The lowest BCUT2D eigenvalue weighted by Gasteiger charge is -2.09. The van der Waals surface area contributed by atoms with Crippen molar-refractivity contribution in [1.82, 2.24) is 14.5 Å². The first-order valence-corrected chi connectivity index (χ1v) is 7.45. The molecule has 21 heavy (non-hydrogen) atoms. The number of nitrogen functional groups attached to an aromatic ring is 1. The highest BCUT2D eigenvalue weighted by Crippen LogP contribution is 2.19. The highest BCUT2D eigenvalue weighted by molar-refractivity contribution is 7.89. The van der Waals surface area contributed by atoms with E-state index >= 15 is 0 Å². The Kier molecular flexibility index (Phi) is 3.96. The summed E-state index contributed by atoms with van der Waals surface area (Å²) in [4.78, 5) is 10.9. The number of benzene rings is 1. The Morgan fingerprint density at radius 1 is 1.38 bits per heavy atom. The smallest absolute Gasteiger partial charge is 0.248 e. The average Bonchev–Trinajstić information content (AvgIpc) is 2.82. The Balaban J connectivity index is 2.21. The highest BCUT2D eigenvalue weighted by atomic mass is 32.2. The molecule has 0 aliphatic heterocycles. The molecule has 0 radical (unpaired) electrons. The SMILES string of the molecule is Cn1ccc(CNS(=O)(=O)c2ccc(C(N)=O)cc2N)n1. The zero-order valence-corrected chi connectivity index (χ0v) is 12.1. The van der Waals surface area contributed by atoms with E-state index < -0.39 is 15.9 Å². The first kappa shape index (κ1) is 15.0. The van der Waals surface area contributed by atoms with Crippen molar-refractivity contribution < 1.29 is 13.2 Å². The lowest BCUT2D eigenvalue weighted by atomic mass is 10.2. The molecule has 0 bridgehead atoms. The fraction of sp³-hybridized carbons (Fsp3) is 0.167. The van der Waals surface area contributed by atoms with E-state index in [4.69, 9.17) is 11.5 Å². The van der Waals surface area contributed by atoms with E-state index in [1.54, 1.807) is 24.0 Å². The third kappa shape index (κ3) is 3.38. The van der Waals surface area contributed by atoms with Gasteiger partial charge in [-0.15, -0.1) is 0 Å². The van der Waals surface area contributed by atoms with Crippen LogP contribution >= 0.6 is 0 Å². The lowest BCUT2D eigenvalue weighted by Crippen LogP contribution is -2.24. The summed E-state index contributed by atoms with van der Waals surface area (Å²) in [7, 11) is -2.06. The van der Waals surface area contributed by atoms with Gasteiger partial charge in [-0.05, 0) is 24.3 Å². The summed E-state index contributed by atoms with van der Waals surface area (Å²) in [6.45, 7) is 0.0418. The first-order valence-electron chi connectivity index (χ1n) is 5.97. The van der Waals surface area contributed by atoms with E-state index in [9.17, 15) is 13.2 Å². The molecule has 0 fully saturated rings. The fourth-order valence-electron chi connectivity index (χ4n) is 1.75.